The van der Waals surface area contributed by atoms with Crippen molar-refractivity contribution in [3.63, 3.8) is 0 Å². The summed E-state index contributed by atoms with van der Waals surface area (Å²) < 4.78 is 5.50. The predicted octanol–water partition coefficient (Wildman–Crippen LogP) is 4.88. The Labute approximate surface area is 217 Å². The highest BCUT2D eigenvalue weighted by atomic mass is 16.5. The minimum atomic E-state index is -0.893. The highest BCUT2D eigenvalue weighted by Gasteiger charge is 2.84. The summed E-state index contributed by atoms with van der Waals surface area (Å²) in [6, 6.07) is 0. The van der Waals surface area contributed by atoms with E-state index >= 15 is 0 Å². The normalized spacial score (nSPS) is 58.4. The average Bonchev–Trinajstić information content (AvgIpc) is 3.54. The number of hydrogen-bond donors (Lipinski definition) is 3. The van der Waals surface area contributed by atoms with Gasteiger partial charge < -0.3 is 20.1 Å². The zero-order valence-electron chi connectivity index (χ0n) is 23.3. The smallest absolute Gasteiger partial charge is 0.312 e. The number of esters is 1. The van der Waals surface area contributed by atoms with Crippen LogP contribution in [-0.4, -0.2) is 47.2 Å². The molecule has 5 nitrogen and oxygen atoms in total. The molecule has 36 heavy (non-hydrogen) atoms. The molecule has 202 valence electrons. The van der Waals surface area contributed by atoms with Crippen molar-refractivity contribution in [2.24, 2.45) is 55.7 Å². The summed E-state index contributed by atoms with van der Waals surface area (Å²) in [7, 11) is 1.57. The van der Waals surface area contributed by atoms with Gasteiger partial charge in [0.15, 0.2) is 0 Å². The van der Waals surface area contributed by atoms with E-state index in [1.165, 1.54) is 0 Å². The van der Waals surface area contributed by atoms with Gasteiger partial charge in [-0.1, -0.05) is 46.8 Å². The Morgan fingerprint density at radius 2 is 1.67 bits per heavy atom. The van der Waals surface area contributed by atoms with E-state index in [0.29, 0.717) is 12.3 Å². The third-order valence-corrected chi connectivity index (χ3v) is 13.9. The van der Waals surface area contributed by atoms with Crippen LogP contribution in [0, 0.1) is 55.7 Å². The highest BCUT2D eigenvalue weighted by Crippen LogP contribution is 2.90. The Kier molecular flexibility index (Phi) is 5.06. The van der Waals surface area contributed by atoms with Crippen molar-refractivity contribution in [1.29, 1.82) is 0 Å². The molecule has 0 amide bonds. The Hall–Kier alpha value is -0.910. The standard InChI is InChI=1S/C31H48O5/c1-25(2)11-12-29(24(35)36-6)13-14-31-17-30(31,22(29)16-25)10-8-21-26(3)15-19(33)23(34)27(4,18-32)20(26)7-9-28(21,31)5/h8,10,19-23,32-34H,7,9,11-18H2,1-6H3/t19-,20-,21-,22-,23-,26+,27-,28-,29+,30-,31-/m1/s1. The molecule has 6 aliphatic rings. The van der Waals surface area contributed by atoms with Crippen molar-refractivity contribution in [2.75, 3.05) is 13.7 Å². The molecule has 0 aliphatic heterocycles. The summed E-state index contributed by atoms with van der Waals surface area (Å²) in [6.45, 7) is 11.5. The lowest BCUT2D eigenvalue weighted by Gasteiger charge is -2.68. The van der Waals surface area contributed by atoms with Gasteiger partial charge in [-0.3, -0.25) is 4.79 Å². The highest BCUT2D eigenvalue weighted by molar-refractivity contribution is 5.78. The first kappa shape index (κ1) is 25.4. The van der Waals surface area contributed by atoms with Crippen LogP contribution < -0.4 is 0 Å². The second kappa shape index (κ2) is 7.18. The molecule has 0 aromatic rings. The largest absolute Gasteiger partial charge is 0.469 e. The minimum Gasteiger partial charge on any atom is -0.469 e. The number of carbonyl (C=O) groups is 1. The molecule has 0 unspecified atom stereocenters. The van der Waals surface area contributed by atoms with Crippen LogP contribution in [0.2, 0.25) is 0 Å². The molecule has 0 aromatic heterocycles. The molecule has 5 heteroatoms. The number of aliphatic hydroxyl groups excluding tert-OH is 3. The van der Waals surface area contributed by atoms with Crippen LogP contribution in [0.25, 0.3) is 0 Å². The monoisotopic (exact) mass is 500 g/mol. The summed E-state index contributed by atoms with van der Waals surface area (Å²) in [6.07, 6.45) is 12.1. The first-order valence-electron chi connectivity index (χ1n) is 14.5. The van der Waals surface area contributed by atoms with Crippen molar-refractivity contribution in [3.05, 3.63) is 12.2 Å². The predicted molar refractivity (Wildman–Crippen MR) is 138 cm³/mol. The molecule has 11 atom stereocenters. The van der Waals surface area contributed by atoms with Crippen LogP contribution in [0.3, 0.4) is 0 Å². The van der Waals surface area contributed by atoms with Crippen molar-refractivity contribution < 1.29 is 24.9 Å². The van der Waals surface area contributed by atoms with Gasteiger partial charge in [0.1, 0.15) is 0 Å². The number of methoxy groups -OCH3 is 1. The number of aliphatic hydroxyl groups is 3. The molecule has 0 spiro atoms. The van der Waals surface area contributed by atoms with E-state index in [1.54, 1.807) is 7.11 Å². The van der Waals surface area contributed by atoms with E-state index in [9.17, 15) is 20.1 Å². The fraction of sp³-hybridized carbons (Fsp3) is 0.903. The lowest BCUT2D eigenvalue weighted by molar-refractivity contribution is -0.234. The summed E-state index contributed by atoms with van der Waals surface area (Å²) >= 11 is 0. The third kappa shape index (κ3) is 2.62. The molecule has 6 aliphatic carbocycles. The van der Waals surface area contributed by atoms with Crippen molar-refractivity contribution in [3.8, 4) is 0 Å². The van der Waals surface area contributed by atoms with Crippen LogP contribution >= 0.6 is 0 Å². The average molecular weight is 501 g/mol. The number of fused-ring (bicyclic) bond motifs is 4. The van der Waals surface area contributed by atoms with Crippen LogP contribution in [-0.2, 0) is 9.53 Å². The van der Waals surface area contributed by atoms with Crippen LogP contribution in [0.4, 0.5) is 0 Å². The van der Waals surface area contributed by atoms with Gasteiger partial charge in [-0.2, -0.15) is 0 Å². The fourth-order valence-electron chi connectivity index (χ4n) is 12.0. The maximum atomic E-state index is 13.4. The first-order valence-corrected chi connectivity index (χ1v) is 14.5. The Bertz CT molecular complexity index is 1000. The Balaban J connectivity index is 1.46. The summed E-state index contributed by atoms with van der Waals surface area (Å²) in [5, 5.41) is 32.4. The number of allylic oxidation sites excluding steroid dienone is 2. The van der Waals surface area contributed by atoms with E-state index in [0.717, 1.165) is 51.4 Å². The first-order chi connectivity index (χ1) is 16.7. The molecule has 6 rings (SSSR count). The fourth-order valence-corrected chi connectivity index (χ4v) is 12.0. The Morgan fingerprint density at radius 1 is 0.972 bits per heavy atom. The van der Waals surface area contributed by atoms with E-state index in [2.05, 4.69) is 39.8 Å². The summed E-state index contributed by atoms with van der Waals surface area (Å²) in [5.41, 5.74) is -0.708. The Morgan fingerprint density at radius 3 is 2.33 bits per heavy atom. The second-order valence-corrected chi connectivity index (χ2v) is 15.6. The zero-order chi connectivity index (χ0) is 26.2. The van der Waals surface area contributed by atoms with Gasteiger partial charge in [-0.15, -0.1) is 0 Å². The van der Waals surface area contributed by atoms with Gasteiger partial charge in [-0.05, 0) is 103 Å². The van der Waals surface area contributed by atoms with Gasteiger partial charge in [0.05, 0.1) is 31.3 Å². The molecular formula is C31H48O5. The third-order valence-electron chi connectivity index (χ3n) is 13.9. The molecular weight excluding hydrogens is 452 g/mol. The lowest BCUT2D eigenvalue weighted by atomic mass is 9.36. The van der Waals surface area contributed by atoms with E-state index in [1.807, 2.05) is 6.92 Å². The molecule has 0 saturated heterocycles. The lowest BCUT2D eigenvalue weighted by Crippen LogP contribution is -2.67. The second-order valence-electron chi connectivity index (χ2n) is 15.6. The topological polar surface area (TPSA) is 87.0 Å². The van der Waals surface area contributed by atoms with Gasteiger partial charge in [-0.25, -0.2) is 0 Å². The van der Waals surface area contributed by atoms with Gasteiger partial charge in [0.25, 0.3) is 0 Å². The molecule has 5 saturated carbocycles. The molecule has 3 N–H and O–H groups in total. The van der Waals surface area contributed by atoms with Gasteiger partial charge >= 0.3 is 5.97 Å². The van der Waals surface area contributed by atoms with Gasteiger partial charge in [0, 0.05) is 5.41 Å². The number of hydrogen-bond acceptors (Lipinski definition) is 5. The van der Waals surface area contributed by atoms with E-state index < -0.39 is 17.6 Å². The number of carbonyl (C=O) groups excluding carboxylic acids is 1. The van der Waals surface area contributed by atoms with Crippen molar-refractivity contribution >= 4 is 5.97 Å². The van der Waals surface area contributed by atoms with Gasteiger partial charge in [0.2, 0.25) is 0 Å². The zero-order valence-corrected chi connectivity index (χ0v) is 23.3. The maximum absolute atomic E-state index is 13.4. The summed E-state index contributed by atoms with van der Waals surface area (Å²) in [5.74, 6) is 0.771. The van der Waals surface area contributed by atoms with Crippen LogP contribution in [0.15, 0.2) is 12.2 Å². The SMILES string of the molecule is COC(=O)[C@]12CCC(C)(C)C[C@H]1[C@]13C=C[C@@H]4[C@@]5(C)C[C@@H](O)[C@@H](O)[C@](C)(CO)[C@@H]5CC[C@@]4(C)[C@@]1(CC2)C3. The number of rotatable bonds is 2. The van der Waals surface area contributed by atoms with E-state index in [4.69, 9.17) is 4.74 Å². The van der Waals surface area contributed by atoms with Crippen LogP contribution in [0.5, 0.6) is 0 Å². The number of ether oxygens (including phenoxy) is 1. The molecule has 0 radical (unpaired) electrons. The maximum Gasteiger partial charge on any atom is 0.312 e. The van der Waals surface area contributed by atoms with Crippen molar-refractivity contribution in [1.82, 2.24) is 0 Å². The molecule has 0 heterocycles. The van der Waals surface area contributed by atoms with E-state index in [-0.39, 0.29) is 56.9 Å². The molecule has 0 bridgehead atoms. The summed E-state index contributed by atoms with van der Waals surface area (Å²) in [4.78, 5) is 13.4. The molecule has 5 fully saturated rings. The molecule has 0 aromatic carbocycles. The minimum absolute atomic E-state index is 0.0114. The van der Waals surface area contributed by atoms with Crippen LogP contribution in [0.1, 0.15) is 92.4 Å². The quantitative estimate of drug-likeness (QED) is 0.372. The van der Waals surface area contributed by atoms with Crippen molar-refractivity contribution in [2.45, 2.75) is 105 Å².